The Hall–Kier alpha value is -1.91. The van der Waals surface area contributed by atoms with E-state index in [-0.39, 0.29) is 11.9 Å². The van der Waals surface area contributed by atoms with Gasteiger partial charge in [-0.25, -0.2) is 9.67 Å². The Morgan fingerprint density at radius 2 is 1.96 bits per heavy atom. The number of piperidine rings is 1. The smallest absolute Gasteiger partial charge is 0.255 e. The molecule has 1 aliphatic carbocycles. The van der Waals surface area contributed by atoms with Gasteiger partial charge in [0.25, 0.3) is 5.91 Å². The zero-order valence-electron chi connectivity index (χ0n) is 14.6. The first-order chi connectivity index (χ1) is 11.6. The minimum absolute atomic E-state index is 0.130. The molecule has 1 aliphatic heterocycles. The van der Waals surface area contributed by atoms with Crippen LogP contribution < -0.4 is 0 Å². The molecule has 0 aromatic carbocycles. The van der Waals surface area contributed by atoms with Crippen molar-refractivity contribution in [2.24, 2.45) is 11.8 Å². The highest BCUT2D eigenvalue weighted by Crippen LogP contribution is 2.36. The summed E-state index contributed by atoms with van der Waals surface area (Å²) in [6, 6.07) is 2.21. The van der Waals surface area contributed by atoms with Gasteiger partial charge < -0.3 is 4.90 Å². The summed E-state index contributed by atoms with van der Waals surface area (Å²) >= 11 is 0. The number of hydrogen-bond donors (Lipinski definition) is 0. The predicted molar refractivity (Wildman–Crippen MR) is 93.9 cm³/mol. The molecule has 3 heterocycles. The Balaban J connectivity index is 1.55. The number of rotatable bonds is 2. The topological polar surface area (TPSA) is 51.0 Å². The molecule has 24 heavy (non-hydrogen) atoms. The van der Waals surface area contributed by atoms with Gasteiger partial charge in [-0.1, -0.05) is 19.3 Å². The summed E-state index contributed by atoms with van der Waals surface area (Å²) < 4.78 is 1.90. The SMILES string of the molecule is CC(C)n1ncc2cc(C(=O)N3CC[C@@H]4CCCC[C@@H]4C3)cnc21. The lowest BCUT2D eigenvalue weighted by molar-refractivity contribution is 0.0520. The summed E-state index contributed by atoms with van der Waals surface area (Å²) in [7, 11) is 0. The molecular formula is C19H26N4O. The Morgan fingerprint density at radius 3 is 2.75 bits per heavy atom. The van der Waals surface area contributed by atoms with E-state index in [0.717, 1.165) is 36.5 Å². The van der Waals surface area contributed by atoms with Crippen LogP contribution in [-0.4, -0.2) is 38.7 Å². The van der Waals surface area contributed by atoms with Crippen LogP contribution in [0.25, 0.3) is 11.0 Å². The molecule has 1 amide bonds. The van der Waals surface area contributed by atoms with Crippen molar-refractivity contribution in [3.63, 3.8) is 0 Å². The second kappa shape index (κ2) is 6.19. The van der Waals surface area contributed by atoms with Crippen molar-refractivity contribution in [1.29, 1.82) is 0 Å². The van der Waals surface area contributed by atoms with Gasteiger partial charge in [-0.3, -0.25) is 4.79 Å². The fourth-order valence-electron chi connectivity index (χ4n) is 4.40. The van der Waals surface area contributed by atoms with Gasteiger partial charge in [-0.2, -0.15) is 5.10 Å². The molecule has 4 rings (SSSR count). The van der Waals surface area contributed by atoms with Crippen LogP contribution in [0.4, 0.5) is 0 Å². The molecule has 0 bridgehead atoms. The number of carbonyl (C=O) groups is 1. The number of amides is 1. The van der Waals surface area contributed by atoms with E-state index in [1.165, 1.54) is 25.7 Å². The molecular weight excluding hydrogens is 300 g/mol. The minimum atomic E-state index is 0.130. The molecule has 2 aromatic heterocycles. The van der Waals surface area contributed by atoms with Gasteiger partial charge in [0.1, 0.15) is 0 Å². The third-order valence-electron chi connectivity index (χ3n) is 5.75. The van der Waals surface area contributed by atoms with E-state index in [9.17, 15) is 4.79 Å². The average molecular weight is 326 g/mol. The second-order valence-corrected chi connectivity index (χ2v) is 7.66. The van der Waals surface area contributed by atoms with Crippen LogP contribution in [0.1, 0.15) is 62.4 Å². The quantitative estimate of drug-likeness (QED) is 0.846. The molecule has 2 aromatic rings. The van der Waals surface area contributed by atoms with Crippen LogP contribution >= 0.6 is 0 Å². The van der Waals surface area contributed by atoms with Crippen LogP contribution in [0.5, 0.6) is 0 Å². The highest BCUT2D eigenvalue weighted by atomic mass is 16.2. The van der Waals surface area contributed by atoms with Crippen molar-refractivity contribution in [1.82, 2.24) is 19.7 Å². The Labute approximate surface area is 143 Å². The molecule has 2 atom stereocenters. The van der Waals surface area contributed by atoms with Crippen molar-refractivity contribution in [2.45, 2.75) is 52.0 Å². The summed E-state index contributed by atoms with van der Waals surface area (Å²) in [6.07, 6.45) is 10.0. The zero-order chi connectivity index (χ0) is 16.7. The lowest BCUT2D eigenvalue weighted by Crippen LogP contribution is -2.44. The van der Waals surface area contributed by atoms with Gasteiger partial charge in [0.15, 0.2) is 5.65 Å². The Kier molecular flexibility index (Phi) is 4.02. The number of fused-ring (bicyclic) bond motifs is 2. The van der Waals surface area contributed by atoms with Gasteiger partial charge in [-0.15, -0.1) is 0 Å². The molecule has 0 N–H and O–H groups in total. The minimum Gasteiger partial charge on any atom is -0.338 e. The van der Waals surface area contributed by atoms with Crippen LogP contribution in [0.2, 0.25) is 0 Å². The molecule has 1 saturated heterocycles. The highest BCUT2D eigenvalue weighted by molar-refractivity contribution is 5.96. The normalized spacial score (nSPS) is 24.4. The number of hydrogen-bond acceptors (Lipinski definition) is 3. The van der Waals surface area contributed by atoms with Gasteiger partial charge in [0.05, 0.1) is 11.8 Å². The molecule has 2 aliphatic rings. The van der Waals surface area contributed by atoms with Crippen molar-refractivity contribution < 1.29 is 4.79 Å². The van der Waals surface area contributed by atoms with Crippen molar-refractivity contribution in [3.8, 4) is 0 Å². The average Bonchev–Trinajstić information content (AvgIpc) is 3.04. The van der Waals surface area contributed by atoms with E-state index in [4.69, 9.17) is 0 Å². The summed E-state index contributed by atoms with van der Waals surface area (Å²) in [5.74, 6) is 1.68. The maximum absolute atomic E-state index is 12.9. The third kappa shape index (κ3) is 2.70. The van der Waals surface area contributed by atoms with Gasteiger partial charge >= 0.3 is 0 Å². The lowest BCUT2D eigenvalue weighted by atomic mass is 9.75. The summed E-state index contributed by atoms with van der Waals surface area (Å²) in [4.78, 5) is 19.5. The van der Waals surface area contributed by atoms with Gasteiger partial charge in [-0.05, 0) is 44.6 Å². The van der Waals surface area contributed by atoms with Crippen LogP contribution in [0.3, 0.4) is 0 Å². The van der Waals surface area contributed by atoms with E-state index in [1.807, 2.05) is 21.8 Å². The summed E-state index contributed by atoms with van der Waals surface area (Å²) in [6.45, 7) is 5.99. The molecule has 5 heteroatoms. The maximum atomic E-state index is 12.9. The van der Waals surface area contributed by atoms with Crippen molar-refractivity contribution in [3.05, 3.63) is 24.0 Å². The molecule has 1 saturated carbocycles. The third-order valence-corrected chi connectivity index (χ3v) is 5.75. The first-order valence-electron chi connectivity index (χ1n) is 9.26. The number of aromatic nitrogens is 3. The van der Waals surface area contributed by atoms with Gasteiger partial charge in [0, 0.05) is 30.7 Å². The first kappa shape index (κ1) is 15.6. The Morgan fingerprint density at radius 1 is 1.17 bits per heavy atom. The number of likely N-dealkylation sites (tertiary alicyclic amines) is 1. The van der Waals surface area contributed by atoms with Crippen molar-refractivity contribution >= 4 is 16.9 Å². The largest absolute Gasteiger partial charge is 0.338 e. The van der Waals surface area contributed by atoms with E-state index < -0.39 is 0 Å². The standard InChI is InChI=1S/C19H26N4O/c1-13(2)23-18-16(11-21-23)9-17(10-20-18)19(24)22-8-7-14-5-3-4-6-15(14)12-22/h9-11,13-15H,3-8,12H2,1-2H3/t14-,15+/m0/s1. The van der Waals surface area contributed by atoms with Crippen LogP contribution in [0, 0.1) is 11.8 Å². The lowest BCUT2D eigenvalue weighted by Gasteiger charge is -2.41. The highest BCUT2D eigenvalue weighted by Gasteiger charge is 2.33. The number of nitrogens with zero attached hydrogens (tertiary/aromatic N) is 4. The molecule has 0 unspecified atom stereocenters. The molecule has 0 spiro atoms. The molecule has 2 fully saturated rings. The maximum Gasteiger partial charge on any atom is 0.255 e. The number of pyridine rings is 1. The Bertz CT molecular complexity index is 751. The molecule has 0 radical (unpaired) electrons. The fraction of sp³-hybridized carbons (Fsp3) is 0.632. The fourth-order valence-corrected chi connectivity index (χ4v) is 4.40. The molecule has 128 valence electrons. The van der Waals surface area contributed by atoms with E-state index >= 15 is 0 Å². The first-order valence-corrected chi connectivity index (χ1v) is 9.26. The summed E-state index contributed by atoms with van der Waals surface area (Å²) in [5, 5.41) is 5.34. The van der Waals surface area contributed by atoms with E-state index in [2.05, 4.69) is 23.9 Å². The monoisotopic (exact) mass is 326 g/mol. The molecule has 5 nitrogen and oxygen atoms in total. The number of carbonyl (C=O) groups excluding carboxylic acids is 1. The van der Waals surface area contributed by atoms with E-state index in [1.54, 1.807) is 6.20 Å². The predicted octanol–water partition coefficient (Wildman–Crippen LogP) is 3.66. The van der Waals surface area contributed by atoms with Gasteiger partial charge in [0.2, 0.25) is 0 Å². The van der Waals surface area contributed by atoms with E-state index in [0.29, 0.717) is 11.5 Å². The zero-order valence-corrected chi connectivity index (χ0v) is 14.6. The van der Waals surface area contributed by atoms with Crippen LogP contribution in [-0.2, 0) is 0 Å². The second-order valence-electron chi connectivity index (χ2n) is 7.66. The van der Waals surface area contributed by atoms with Crippen LogP contribution in [0.15, 0.2) is 18.5 Å². The summed E-state index contributed by atoms with van der Waals surface area (Å²) in [5.41, 5.74) is 1.55. The van der Waals surface area contributed by atoms with Crippen molar-refractivity contribution in [2.75, 3.05) is 13.1 Å².